The summed E-state index contributed by atoms with van der Waals surface area (Å²) in [5.74, 6) is 0.262. The SMILES string of the molecule is Cc1cc(F)ccc1S(=O)(=O)NCc1ccc(N2CCCC(C)C2)cc1. The van der Waals surface area contributed by atoms with E-state index in [0.29, 0.717) is 11.5 Å². The quantitative estimate of drug-likeness (QED) is 0.862. The summed E-state index contributed by atoms with van der Waals surface area (Å²) in [6.45, 7) is 6.20. The van der Waals surface area contributed by atoms with Crippen LogP contribution in [0, 0.1) is 18.7 Å². The Morgan fingerprint density at radius 3 is 2.58 bits per heavy atom. The van der Waals surface area contributed by atoms with Crippen LogP contribution in [0.1, 0.15) is 30.9 Å². The summed E-state index contributed by atoms with van der Waals surface area (Å²) in [5, 5.41) is 0. The van der Waals surface area contributed by atoms with Gasteiger partial charge in [-0.3, -0.25) is 0 Å². The molecule has 1 heterocycles. The molecule has 3 rings (SSSR count). The fraction of sp³-hybridized carbons (Fsp3) is 0.400. The normalized spacial score (nSPS) is 18.1. The third-order valence-electron chi connectivity index (χ3n) is 4.85. The van der Waals surface area contributed by atoms with Crippen molar-refractivity contribution in [3.05, 3.63) is 59.4 Å². The van der Waals surface area contributed by atoms with Crippen LogP contribution in [-0.4, -0.2) is 21.5 Å². The van der Waals surface area contributed by atoms with Crippen LogP contribution in [0.4, 0.5) is 10.1 Å². The molecule has 0 radical (unpaired) electrons. The molecule has 0 bridgehead atoms. The third-order valence-corrected chi connectivity index (χ3v) is 6.41. The molecule has 2 aromatic carbocycles. The summed E-state index contributed by atoms with van der Waals surface area (Å²) in [7, 11) is -3.67. The van der Waals surface area contributed by atoms with Crippen molar-refractivity contribution >= 4 is 15.7 Å². The van der Waals surface area contributed by atoms with Crippen molar-refractivity contribution in [3.8, 4) is 0 Å². The van der Waals surface area contributed by atoms with Gasteiger partial charge in [0.15, 0.2) is 0 Å². The highest BCUT2D eigenvalue weighted by atomic mass is 32.2. The first kappa shape index (κ1) is 18.9. The van der Waals surface area contributed by atoms with Crippen LogP contribution < -0.4 is 9.62 Å². The molecule has 1 aliphatic heterocycles. The predicted octanol–water partition coefficient (Wildman–Crippen LogP) is 3.85. The fourth-order valence-corrected chi connectivity index (χ4v) is 4.66. The number of hydrogen-bond donors (Lipinski definition) is 1. The Balaban J connectivity index is 1.66. The molecule has 0 aromatic heterocycles. The number of rotatable bonds is 5. The number of benzene rings is 2. The van der Waals surface area contributed by atoms with Gasteiger partial charge in [0, 0.05) is 25.3 Å². The van der Waals surface area contributed by atoms with Gasteiger partial charge in [0.2, 0.25) is 10.0 Å². The maximum Gasteiger partial charge on any atom is 0.241 e. The van der Waals surface area contributed by atoms with E-state index in [2.05, 4.69) is 16.5 Å². The average molecular weight is 376 g/mol. The zero-order chi connectivity index (χ0) is 18.7. The van der Waals surface area contributed by atoms with E-state index in [9.17, 15) is 12.8 Å². The lowest BCUT2D eigenvalue weighted by Gasteiger charge is -2.32. The standard InChI is InChI=1S/C20H25FN2O2S/c1-15-4-3-11-23(14-15)19-8-5-17(6-9-19)13-22-26(24,25)20-10-7-18(21)12-16(20)2/h5-10,12,15,22H,3-4,11,13-14H2,1-2H3. The van der Waals surface area contributed by atoms with Crippen LogP contribution in [0.15, 0.2) is 47.4 Å². The van der Waals surface area contributed by atoms with Gasteiger partial charge in [-0.2, -0.15) is 0 Å². The van der Waals surface area contributed by atoms with E-state index in [1.54, 1.807) is 6.92 Å². The highest BCUT2D eigenvalue weighted by Gasteiger charge is 2.18. The number of piperidine rings is 1. The van der Waals surface area contributed by atoms with Crippen molar-refractivity contribution < 1.29 is 12.8 Å². The summed E-state index contributed by atoms with van der Waals surface area (Å²) in [6.07, 6.45) is 2.49. The van der Waals surface area contributed by atoms with Crippen molar-refractivity contribution in [1.29, 1.82) is 0 Å². The van der Waals surface area contributed by atoms with Gasteiger partial charge in [-0.1, -0.05) is 19.1 Å². The van der Waals surface area contributed by atoms with Gasteiger partial charge < -0.3 is 4.90 Å². The lowest BCUT2D eigenvalue weighted by atomic mass is 9.99. The molecule has 1 saturated heterocycles. The van der Waals surface area contributed by atoms with Crippen molar-refractivity contribution in [2.75, 3.05) is 18.0 Å². The van der Waals surface area contributed by atoms with E-state index in [1.807, 2.05) is 24.3 Å². The van der Waals surface area contributed by atoms with E-state index in [1.165, 1.54) is 30.7 Å². The lowest BCUT2D eigenvalue weighted by molar-refractivity contribution is 0.447. The number of halogens is 1. The maximum atomic E-state index is 13.2. The zero-order valence-electron chi connectivity index (χ0n) is 15.2. The molecular weight excluding hydrogens is 351 g/mol. The molecule has 140 valence electrons. The van der Waals surface area contributed by atoms with Gasteiger partial charge in [0.1, 0.15) is 5.82 Å². The van der Waals surface area contributed by atoms with E-state index in [0.717, 1.165) is 24.7 Å². The molecule has 1 fully saturated rings. The molecule has 1 unspecified atom stereocenters. The Morgan fingerprint density at radius 2 is 1.92 bits per heavy atom. The smallest absolute Gasteiger partial charge is 0.241 e. The summed E-state index contributed by atoms with van der Waals surface area (Å²) < 4.78 is 40.7. The molecule has 1 aliphatic rings. The summed E-state index contributed by atoms with van der Waals surface area (Å²) in [6, 6.07) is 11.7. The second-order valence-electron chi connectivity index (χ2n) is 7.09. The predicted molar refractivity (Wildman–Crippen MR) is 102 cm³/mol. The van der Waals surface area contributed by atoms with Crippen LogP contribution in [0.25, 0.3) is 0 Å². The van der Waals surface area contributed by atoms with Gasteiger partial charge in [0.05, 0.1) is 4.90 Å². The van der Waals surface area contributed by atoms with Crippen molar-refractivity contribution in [3.63, 3.8) is 0 Å². The molecule has 1 atom stereocenters. The van der Waals surface area contributed by atoms with Crippen molar-refractivity contribution in [2.24, 2.45) is 5.92 Å². The summed E-state index contributed by atoms with van der Waals surface area (Å²) in [5.41, 5.74) is 2.46. The highest BCUT2D eigenvalue weighted by Crippen LogP contribution is 2.23. The highest BCUT2D eigenvalue weighted by molar-refractivity contribution is 7.89. The lowest BCUT2D eigenvalue weighted by Crippen LogP contribution is -2.34. The first-order valence-corrected chi connectivity index (χ1v) is 10.4. The monoisotopic (exact) mass is 376 g/mol. The van der Waals surface area contributed by atoms with Crippen LogP contribution >= 0.6 is 0 Å². The van der Waals surface area contributed by atoms with Gasteiger partial charge in [-0.05, 0) is 67.1 Å². The number of sulfonamides is 1. The van der Waals surface area contributed by atoms with E-state index < -0.39 is 15.8 Å². The van der Waals surface area contributed by atoms with Crippen molar-refractivity contribution in [1.82, 2.24) is 4.72 Å². The molecule has 0 saturated carbocycles. The second-order valence-corrected chi connectivity index (χ2v) is 8.83. The van der Waals surface area contributed by atoms with Gasteiger partial charge in [0.25, 0.3) is 0 Å². The van der Waals surface area contributed by atoms with E-state index in [-0.39, 0.29) is 11.4 Å². The molecule has 2 aromatic rings. The largest absolute Gasteiger partial charge is 0.371 e. The maximum absolute atomic E-state index is 13.2. The molecule has 0 spiro atoms. The minimum atomic E-state index is -3.67. The summed E-state index contributed by atoms with van der Waals surface area (Å²) in [4.78, 5) is 2.49. The molecule has 4 nitrogen and oxygen atoms in total. The second kappa shape index (κ2) is 7.76. The molecule has 6 heteroatoms. The Kier molecular flexibility index (Phi) is 5.63. The number of hydrogen-bond acceptors (Lipinski definition) is 3. The van der Waals surface area contributed by atoms with E-state index >= 15 is 0 Å². The van der Waals surface area contributed by atoms with Gasteiger partial charge in [-0.15, -0.1) is 0 Å². The average Bonchev–Trinajstić information content (AvgIpc) is 2.60. The summed E-state index contributed by atoms with van der Waals surface area (Å²) >= 11 is 0. The fourth-order valence-electron chi connectivity index (χ4n) is 3.42. The number of nitrogens with zero attached hydrogens (tertiary/aromatic N) is 1. The Morgan fingerprint density at radius 1 is 1.19 bits per heavy atom. The van der Waals surface area contributed by atoms with Gasteiger partial charge in [-0.25, -0.2) is 17.5 Å². The van der Waals surface area contributed by atoms with Crippen LogP contribution in [0.3, 0.4) is 0 Å². The first-order valence-electron chi connectivity index (χ1n) is 8.95. The Bertz CT molecular complexity index is 866. The Hall–Kier alpha value is -1.92. The molecule has 0 amide bonds. The topological polar surface area (TPSA) is 49.4 Å². The van der Waals surface area contributed by atoms with Crippen LogP contribution in [0.2, 0.25) is 0 Å². The molecular formula is C20H25FN2O2S. The third kappa shape index (κ3) is 4.43. The molecule has 0 aliphatic carbocycles. The number of aryl methyl sites for hydroxylation is 1. The minimum absolute atomic E-state index is 0.109. The Labute approximate surface area is 155 Å². The first-order chi connectivity index (χ1) is 12.3. The van der Waals surface area contributed by atoms with Crippen LogP contribution in [0.5, 0.6) is 0 Å². The number of anilines is 1. The van der Waals surface area contributed by atoms with Crippen molar-refractivity contribution in [2.45, 2.75) is 38.1 Å². The minimum Gasteiger partial charge on any atom is -0.371 e. The van der Waals surface area contributed by atoms with Gasteiger partial charge >= 0.3 is 0 Å². The molecule has 1 N–H and O–H groups in total. The van der Waals surface area contributed by atoms with E-state index in [4.69, 9.17) is 0 Å². The number of nitrogens with one attached hydrogen (secondary N) is 1. The van der Waals surface area contributed by atoms with Crippen LogP contribution in [-0.2, 0) is 16.6 Å². The molecule has 26 heavy (non-hydrogen) atoms. The zero-order valence-corrected chi connectivity index (χ0v) is 16.0.